The predicted molar refractivity (Wildman–Crippen MR) is 130 cm³/mol. The van der Waals surface area contributed by atoms with E-state index >= 15 is 0 Å². The molecule has 1 N–H and O–H groups in total. The average Bonchev–Trinajstić information content (AvgIpc) is 3.18. The van der Waals surface area contributed by atoms with Gasteiger partial charge >= 0.3 is 0 Å². The van der Waals surface area contributed by atoms with Crippen LogP contribution < -0.4 is 14.7 Å². The number of anilines is 2. The van der Waals surface area contributed by atoms with Crippen LogP contribution in [0, 0.1) is 19.8 Å². The number of aryl methyl sites for hydroxylation is 2. The molecule has 0 bridgehead atoms. The van der Waals surface area contributed by atoms with E-state index in [0.29, 0.717) is 6.67 Å². The third-order valence-corrected chi connectivity index (χ3v) is 8.91. The number of fused-ring (bicyclic) bond motifs is 2. The van der Waals surface area contributed by atoms with Crippen molar-refractivity contribution in [2.45, 2.75) is 50.7 Å². The molecule has 2 amide bonds. The molecule has 1 spiro atoms. The first-order valence-electron chi connectivity index (χ1n) is 11.7. The van der Waals surface area contributed by atoms with Gasteiger partial charge in [-0.15, -0.1) is 11.8 Å². The number of benzene rings is 2. The standard InChI is InChI=1S/C26H31N3O2S/c1-17-11-13-27(14-12-17)16-28-23-8-6-5-7-22(23)26(25(28)31)29(24(30)20(4)32-26)21-10-9-18(2)19(3)15-21/h5-10,15,17,20H,11-14,16H2,1-4H3/p+1. The Bertz CT molecular complexity index is 1080. The molecule has 3 aliphatic rings. The van der Waals surface area contributed by atoms with Gasteiger partial charge in [-0.25, -0.2) is 0 Å². The third-order valence-electron chi connectivity index (χ3n) is 7.44. The van der Waals surface area contributed by atoms with E-state index in [4.69, 9.17) is 0 Å². The minimum absolute atomic E-state index is 0.00222. The molecule has 5 rings (SSSR count). The first-order valence-corrected chi connectivity index (χ1v) is 12.5. The molecule has 2 aromatic rings. The number of thioether (sulfide) groups is 1. The summed E-state index contributed by atoms with van der Waals surface area (Å²) in [5, 5.41) is -0.281. The van der Waals surface area contributed by atoms with Crippen LogP contribution in [0.5, 0.6) is 0 Å². The molecule has 2 atom stereocenters. The molecule has 0 aliphatic carbocycles. The van der Waals surface area contributed by atoms with Crippen LogP contribution in [0.25, 0.3) is 0 Å². The number of nitrogens with zero attached hydrogens (tertiary/aromatic N) is 2. The Balaban J connectivity index is 1.59. The first kappa shape index (κ1) is 21.5. The summed E-state index contributed by atoms with van der Waals surface area (Å²) in [5.74, 6) is 0.781. The zero-order chi connectivity index (χ0) is 22.6. The maximum Gasteiger partial charge on any atom is 0.273 e. The third kappa shape index (κ3) is 3.19. The van der Waals surface area contributed by atoms with Crippen molar-refractivity contribution in [1.82, 2.24) is 0 Å². The number of piperidine rings is 1. The van der Waals surface area contributed by atoms with E-state index in [9.17, 15) is 9.59 Å². The topological polar surface area (TPSA) is 45.1 Å². The van der Waals surface area contributed by atoms with E-state index in [1.54, 1.807) is 4.90 Å². The average molecular weight is 451 g/mol. The van der Waals surface area contributed by atoms with Crippen LogP contribution in [0.3, 0.4) is 0 Å². The summed E-state index contributed by atoms with van der Waals surface area (Å²) < 4.78 is 0. The molecular formula is C26H32N3O2S+. The number of rotatable bonds is 3. The lowest BCUT2D eigenvalue weighted by Gasteiger charge is -2.34. The normalized spacial score (nSPS) is 29.8. The van der Waals surface area contributed by atoms with Crippen LogP contribution in [0.1, 0.15) is 43.4 Å². The van der Waals surface area contributed by atoms with Crippen LogP contribution >= 0.6 is 11.8 Å². The van der Waals surface area contributed by atoms with Gasteiger partial charge in [-0.05, 0) is 68.9 Å². The SMILES string of the molecule is Cc1ccc(N2C(=O)C(C)SC23C(=O)N(C[NH+]2CCC(C)CC2)c2ccccc23)cc1C. The molecule has 6 heteroatoms. The van der Waals surface area contributed by atoms with Gasteiger partial charge in [0.05, 0.1) is 24.0 Å². The van der Waals surface area contributed by atoms with Crippen LogP contribution in [-0.4, -0.2) is 36.8 Å². The highest BCUT2D eigenvalue weighted by Crippen LogP contribution is 2.57. The van der Waals surface area contributed by atoms with Gasteiger partial charge in [0, 0.05) is 11.3 Å². The van der Waals surface area contributed by atoms with Crippen molar-refractivity contribution in [1.29, 1.82) is 0 Å². The minimum Gasteiger partial charge on any atom is -0.317 e. The van der Waals surface area contributed by atoms with Gasteiger partial charge < -0.3 is 4.90 Å². The monoisotopic (exact) mass is 450 g/mol. The molecule has 0 aromatic heterocycles. The van der Waals surface area contributed by atoms with E-state index in [-0.39, 0.29) is 17.1 Å². The number of para-hydroxylation sites is 1. The number of quaternary nitrogens is 1. The number of likely N-dealkylation sites (tertiary alicyclic amines) is 1. The second-order valence-electron chi connectivity index (χ2n) is 9.69. The van der Waals surface area contributed by atoms with Crippen molar-refractivity contribution in [3.63, 3.8) is 0 Å². The molecular weight excluding hydrogens is 418 g/mol. The maximum absolute atomic E-state index is 14.2. The van der Waals surface area contributed by atoms with Crippen molar-refractivity contribution in [3.05, 3.63) is 59.2 Å². The highest BCUT2D eigenvalue weighted by molar-refractivity contribution is 8.03. The zero-order valence-electron chi connectivity index (χ0n) is 19.4. The quantitative estimate of drug-likeness (QED) is 0.781. The number of hydrogen-bond donors (Lipinski definition) is 1. The summed E-state index contributed by atoms with van der Waals surface area (Å²) in [6, 6.07) is 14.1. The molecule has 0 saturated carbocycles. The van der Waals surface area contributed by atoms with Crippen LogP contribution in [0.2, 0.25) is 0 Å². The lowest BCUT2D eigenvalue weighted by molar-refractivity contribution is -0.904. The van der Waals surface area contributed by atoms with Gasteiger partial charge in [0.1, 0.15) is 0 Å². The van der Waals surface area contributed by atoms with E-state index in [1.165, 1.54) is 35.1 Å². The van der Waals surface area contributed by atoms with Gasteiger partial charge in [0.25, 0.3) is 5.91 Å². The lowest BCUT2D eigenvalue weighted by atomic mass is 10.00. The molecule has 0 radical (unpaired) electrons. The molecule has 2 saturated heterocycles. The van der Waals surface area contributed by atoms with Crippen LogP contribution in [-0.2, 0) is 14.5 Å². The molecule has 2 fully saturated rings. The summed E-state index contributed by atoms with van der Waals surface area (Å²) in [6.45, 7) is 11.2. The molecule has 2 aromatic carbocycles. The lowest BCUT2D eigenvalue weighted by Crippen LogP contribution is -3.14. The van der Waals surface area contributed by atoms with Gasteiger partial charge in [-0.1, -0.05) is 31.2 Å². The van der Waals surface area contributed by atoms with Gasteiger partial charge in [0.15, 0.2) is 6.67 Å². The zero-order valence-corrected chi connectivity index (χ0v) is 20.2. The fourth-order valence-electron chi connectivity index (χ4n) is 5.31. The smallest absolute Gasteiger partial charge is 0.273 e. The Morgan fingerprint density at radius 3 is 2.47 bits per heavy atom. The highest BCUT2D eigenvalue weighted by atomic mass is 32.2. The van der Waals surface area contributed by atoms with E-state index < -0.39 is 4.87 Å². The largest absolute Gasteiger partial charge is 0.317 e. The molecule has 3 aliphatic heterocycles. The summed E-state index contributed by atoms with van der Waals surface area (Å²) in [7, 11) is 0. The number of carbonyl (C=O) groups is 2. The Hall–Kier alpha value is -2.31. The van der Waals surface area contributed by atoms with Crippen LogP contribution in [0.4, 0.5) is 11.4 Å². The van der Waals surface area contributed by atoms with Crippen LogP contribution in [0.15, 0.2) is 42.5 Å². The summed E-state index contributed by atoms with van der Waals surface area (Å²) in [4.78, 5) is 31.9. The fourth-order valence-corrected chi connectivity index (χ4v) is 6.84. The molecule has 168 valence electrons. The van der Waals surface area contributed by atoms with Crippen molar-refractivity contribution in [2.75, 3.05) is 29.6 Å². The Morgan fingerprint density at radius 1 is 1.03 bits per heavy atom. The molecule has 5 nitrogen and oxygen atoms in total. The number of nitrogens with one attached hydrogen (secondary N) is 1. The summed E-state index contributed by atoms with van der Waals surface area (Å²) in [6.07, 6.45) is 2.40. The molecule has 2 unspecified atom stereocenters. The van der Waals surface area contributed by atoms with E-state index in [2.05, 4.69) is 20.8 Å². The minimum atomic E-state index is -1.03. The van der Waals surface area contributed by atoms with Gasteiger partial charge in [-0.3, -0.25) is 19.4 Å². The van der Waals surface area contributed by atoms with Crippen molar-refractivity contribution < 1.29 is 14.5 Å². The highest BCUT2D eigenvalue weighted by Gasteiger charge is 2.63. The van der Waals surface area contributed by atoms with E-state index in [1.807, 2.05) is 54.3 Å². The summed E-state index contributed by atoms with van der Waals surface area (Å²) >= 11 is 1.49. The fraction of sp³-hybridized carbons (Fsp3) is 0.462. The first-order chi connectivity index (χ1) is 15.3. The van der Waals surface area contributed by atoms with Gasteiger partial charge in [-0.2, -0.15) is 0 Å². The van der Waals surface area contributed by atoms with Crippen molar-refractivity contribution in [3.8, 4) is 0 Å². The Morgan fingerprint density at radius 2 is 1.75 bits per heavy atom. The number of carbonyl (C=O) groups excluding carboxylic acids is 2. The van der Waals surface area contributed by atoms with Crippen molar-refractivity contribution >= 4 is 35.0 Å². The van der Waals surface area contributed by atoms with E-state index in [0.717, 1.165) is 41.5 Å². The number of amides is 2. The predicted octanol–water partition coefficient (Wildman–Crippen LogP) is 3.24. The summed E-state index contributed by atoms with van der Waals surface area (Å²) in [5.41, 5.74) is 5.00. The maximum atomic E-state index is 14.2. The van der Waals surface area contributed by atoms with Gasteiger partial charge in [0.2, 0.25) is 10.8 Å². The Labute approximate surface area is 194 Å². The molecule has 32 heavy (non-hydrogen) atoms. The molecule has 3 heterocycles. The number of hydrogen-bond acceptors (Lipinski definition) is 3. The second kappa shape index (κ2) is 7.92. The second-order valence-corrected chi connectivity index (χ2v) is 11.2. The van der Waals surface area contributed by atoms with Crippen molar-refractivity contribution in [2.24, 2.45) is 5.92 Å². The Kier molecular flexibility index (Phi) is 5.33.